The Bertz CT molecular complexity index is 1090. The van der Waals surface area contributed by atoms with Crippen molar-refractivity contribution >= 4 is 28.2 Å². The number of pyridine rings is 1. The molecule has 0 spiro atoms. The molecule has 30 heavy (non-hydrogen) atoms. The number of anilines is 1. The van der Waals surface area contributed by atoms with Crippen LogP contribution in [0, 0.1) is 11.3 Å². The first kappa shape index (κ1) is 21.8. The first-order valence-corrected chi connectivity index (χ1v) is 9.89. The molecule has 0 saturated carbocycles. The first-order valence-electron chi connectivity index (χ1n) is 9.51. The van der Waals surface area contributed by atoms with Crippen molar-refractivity contribution in [2.75, 3.05) is 33.6 Å². The summed E-state index contributed by atoms with van der Waals surface area (Å²) in [5.74, 6) is 0.641. The highest BCUT2D eigenvalue weighted by Crippen LogP contribution is 2.31. The van der Waals surface area contributed by atoms with E-state index in [4.69, 9.17) is 21.1 Å². The molecule has 0 atom stereocenters. The third-order valence-electron chi connectivity index (χ3n) is 4.73. The quantitative estimate of drug-likeness (QED) is 0.570. The molecule has 3 rings (SSSR count). The van der Waals surface area contributed by atoms with E-state index in [-0.39, 0.29) is 0 Å². The Hall–Kier alpha value is -2.85. The van der Waals surface area contributed by atoms with Crippen LogP contribution in [0.4, 0.5) is 5.69 Å². The summed E-state index contributed by atoms with van der Waals surface area (Å²) in [6.45, 7) is 1.66. The third kappa shape index (κ3) is 4.82. The van der Waals surface area contributed by atoms with Gasteiger partial charge in [-0.15, -0.1) is 0 Å². The molecule has 156 valence electrons. The minimum atomic E-state index is 0.411. The predicted octanol–water partition coefficient (Wildman–Crippen LogP) is 4.59. The Balaban J connectivity index is 2.07. The number of ether oxygens (including phenoxy) is 2. The Kier molecular flexibility index (Phi) is 7.11. The number of rotatable bonds is 8. The van der Waals surface area contributed by atoms with Crippen LogP contribution in [-0.2, 0) is 24.4 Å². The lowest BCUT2D eigenvalue weighted by Gasteiger charge is -2.18. The van der Waals surface area contributed by atoms with Crippen molar-refractivity contribution in [1.82, 2.24) is 9.88 Å². The highest BCUT2D eigenvalue weighted by molar-refractivity contribution is 6.32. The lowest BCUT2D eigenvalue weighted by atomic mass is 10.0. The van der Waals surface area contributed by atoms with Gasteiger partial charge in [-0.25, -0.2) is 0 Å². The molecule has 0 saturated heterocycles. The maximum Gasteiger partial charge on any atom is 0.137 e. The van der Waals surface area contributed by atoms with Crippen LogP contribution in [0.15, 0.2) is 36.5 Å². The van der Waals surface area contributed by atoms with E-state index in [0.717, 1.165) is 33.3 Å². The number of nitrogens with one attached hydrogen (secondary N) is 1. The largest absolute Gasteiger partial charge is 0.495 e. The zero-order chi connectivity index (χ0) is 21.7. The van der Waals surface area contributed by atoms with Gasteiger partial charge in [-0.05, 0) is 49.5 Å². The van der Waals surface area contributed by atoms with E-state index < -0.39 is 0 Å². The molecule has 2 aromatic carbocycles. The smallest absolute Gasteiger partial charge is 0.137 e. The lowest BCUT2D eigenvalue weighted by Crippen LogP contribution is -2.12. The van der Waals surface area contributed by atoms with E-state index in [1.807, 2.05) is 50.6 Å². The second-order valence-corrected chi connectivity index (χ2v) is 7.70. The van der Waals surface area contributed by atoms with E-state index in [9.17, 15) is 5.26 Å². The molecule has 0 radical (unpaired) electrons. The lowest BCUT2D eigenvalue weighted by molar-refractivity contribution is 0.185. The average molecular weight is 425 g/mol. The van der Waals surface area contributed by atoms with Crippen LogP contribution in [0.2, 0.25) is 5.02 Å². The molecule has 0 bridgehead atoms. The Morgan fingerprint density at radius 3 is 2.60 bits per heavy atom. The Morgan fingerprint density at radius 1 is 1.17 bits per heavy atom. The second-order valence-electron chi connectivity index (χ2n) is 7.30. The van der Waals surface area contributed by atoms with Gasteiger partial charge in [0.1, 0.15) is 5.75 Å². The molecule has 0 fully saturated rings. The monoisotopic (exact) mass is 424 g/mol. The van der Waals surface area contributed by atoms with Crippen molar-refractivity contribution < 1.29 is 9.47 Å². The van der Waals surface area contributed by atoms with E-state index >= 15 is 0 Å². The molecule has 1 N–H and O–H groups in total. The molecule has 6 nitrogen and oxygen atoms in total. The number of nitriles is 1. The molecule has 0 aliphatic heterocycles. The van der Waals surface area contributed by atoms with Crippen LogP contribution in [0.1, 0.15) is 22.3 Å². The highest BCUT2D eigenvalue weighted by Gasteiger charge is 2.14. The van der Waals surface area contributed by atoms with E-state index in [1.54, 1.807) is 14.2 Å². The molecular formula is C23H25ClN4O2. The van der Waals surface area contributed by atoms with Crippen LogP contribution in [0.3, 0.4) is 0 Å². The Labute approximate surface area is 182 Å². The SMILES string of the molecule is COCc1cnc2c(CN(C)C)cc(C#N)cc2c1NCc1ccc(OC)c(Cl)c1. The van der Waals surface area contributed by atoms with Gasteiger partial charge >= 0.3 is 0 Å². The fourth-order valence-electron chi connectivity index (χ4n) is 3.43. The van der Waals surface area contributed by atoms with Crippen LogP contribution >= 0.6 is 11.6 Å². The number of fused-ring (bicyclic) bond motifs is 1. The highest BCUT2D eigenvalue weighted by atomic mass is 35.5. The molecule has 1 heterocycles. The molecule has 1 aromatic heterocycles. The van der Waals surface area contributed by atoms with E-state index in [1.165, 1.54) is 0 Å². The van der Waals surface area contributed by atoms with Crippen molar-refractivity contribution in [2.24, 2.45) is 0 Å². The summed E-state index contributed by atoms with van der Waals surface area (Å²) in [7, 11) is 7.24. The summed E-state index contributed by atoms with van der Waals surface area (Å²) in [6.07, 6.45) is 1.83. The van der Waals surface area contributed by atoms with Gasteiger partial charge in [0.05, 0.1) is 41.6 Å². The summed E-state index contributed by atoms with van der Waals surface area (Å²) < 4.78 is 10.6. The molecule has 3 aromatic rings. The zero-order valence-corrected chi connectivity index (χ0v) is 18.4. The summed E-state index contributed by atoms with van der Waals surface area (Å²) in [4.78, 5) is 6.75. The normalized spacial score (nSPS) is 11.0. The average Bonchev–Trinajstić information content (AvgIpc) is 2.72. The van der Waals surface area contributed by atoms with Crippen LogP contribution in [0.5, 0.6) is 5.75 Å². The fourth-order valence-corrected chi connectivity index (χ4v) is 3.71. The van der Waals surface area contributed by atoms with Crippen LogP contribution < -0.4 is 10.1 Å². The molecule has 0 aliphatic rings. The number of halogens is 1. The maximum atomic E-state index is 9.55. The van der Waals surface area contributed by atoms with E-state index in [2.05, 4.69) is 21.3 Å². The van der Waals surface area contributed by atoms with Gasteiger partial charge in [-0.3, -0.25) is 4.98 Å². The number of hydrogen-bond acceptors (Lipinski definition) is 6. The minimum Gasteiger partial charge on any atom is -0.495 e. The molecule has 0 amide bonds. The van der Waals surface area contributed by atoms with Gasteiger partial charge < -0.3 is 19.7 Å². The Morgan fingerprint density at radius 2 is 1.97 bits per heavy atom. The van der Waals surface area contributed by atoms with Crippen LogP contribution in [-0.4, -0.2) is 38.2 Å². The van der Waals surface area contributed by atoms with E-state index in [0.29, 0.717) is 36.0 Å². The van der Waals surface area contributed by atoms with Crippen molar-refractivity contribution in [3.63, 3.8) is 0 Å². The summed E-state index contributed by atoms with van der Waals surface area (Å²) in [5.41, 5.74) is 5.33. The van der Waals surface area contributed by atoms with Gasteiger partial charge in [-0.1, -0.05) is 17.7 Å². The number of aromatic nitrogens is 1. The fraction of sp³-hybridized carbons (Fsp3) is 0.304. The van der Waals surface area contributed by atoms with Gasteiger partial charge in [0, 0.05) is 37.3 Å². The van der Waals surface area contributed by atoms with Crippen molar-refractivity contribution in [3.05, 3.63) is 63.8 Å². The standard InChI is InChI=1S/C23H25ClN4O2/c1-28(2)13-17-7-16(10-25)8-19-22(17)27-12-18(14-29-3)23(19)26-11-15-5-6-21(30-4)20(24)9-15/h5-9,12H,11,13-14H2,1-4H3,(H,26,27). The number of hydrogen-bond donors (Lipinski definition) is 1. The molecule has 0 aliphatic carbocycles. The zero-order valence-electron chi connectivity index (χ0n) is 17.6. The third-order valence-corrected chi connectivity index (χ3v) is 5.03. The number of methoxy groups -OCH3 is 2. The molecule has 0 unspecified atom stereocenters. The predicted molar refractivity (Wildman–Crippen MR) is 120 cm³/mol. The van der Waals surface area contributed by atoms with Crippen molar-refractivity contribution in [1.29, 1.82) is 5.26 Å². The van der Waals surface area contributed by atoms with Gasteiger partial charge in [0.25, 0.3) is 0 Å². The van der Waals surface area contributed by atoms with Gasteiger partial charge in [0.2, 0.25) is 0 Å². The minimum absolute atomic E-state index is 0.411. The molecular weight excluding hydrogens is 400 g/mol. The number of nitrogens with zero attached hydrogens (tertiary/aromatic N) is 3. The summed E-state index contributed by atoms with van der Waals surface area (Å²) in [5, 5.41) is 14.5. The van der Waals surface area contributed by atoms with Crippen molar-refractivity contribution in [2.45, 2.75) is 19.7 Å². The van der Waals surface area contributed by atoms with Crippen molar-refractivity contribution in [3.8, 4) is 11.8 Å². The topological polar surface area (TPSA) is 70.4 Å². The summed E-state index contributed by atoms with van der Waals surface area (Å²) >= 11 is 6.27. The van der Waals surface area contributed by atoms with Crippen LogP contribution in [0.25, 0.3) is 10.9 Å². The first-order chi connectivity index (χ1) is 14.5. The summed E-state index contributed by atoms with van der Waals surface area (Å²) in [6, 6.07) is 11.7. The number of benzene rings is 2. The molecule has 7 heteroatoms. The van der Waals surface area contributed by atoms with Gasteiger partial charge in [-0.2, -0.15) is 5.26 Å². The second kappa shape index (κ2) is 9.77. The maximum absolute atomic E-state index is 9.55. The van der Waals surface area contributed by atoms with Gasteiger partial charge in [0.15, 0.2) is 0 Å².